The summed E-state index contributed by atoms with van der Waals surface area (Å²) in [5.41, 5.74) is 5.47. The highest BCUT2D eigenvalue weighted by atomic mass is 14.8. The summed E-state index contributed by atoms with van der Waals surface area (Å²) in [6.07, 6.45) is 8.43. The van der Waals surface area contributed by atoms with Gasteiger partial charge in [0.05, 0.1) is 6.54 Å². The van der Waals surface area contributed by atoms with E-state index in [9.17, 15) is 0 Å². The van der Waals surface area contributed by atoms with Crippen LogP contribution in [0.5, 0.6) is 0 Å². The molecule has 90 valence electrons. The lowest BCUT2D eigenvalue weighted by Gasteiger charge is -2.13. The van der Waals surface area contributed by atoms with Crippen molar-refractivity contribution in [2.24, 2.45) is 0 Å². The number of hydrogen-bond donors (Lipinski definition) is 1. The van der Waals surface area contributed by atoms with Gasteiger partial charge in [0.2, 0.25) is 0 Å². The largest absolute Gasteiger partial charge is 0.306 e. The van der Waals surface area contributed by atoms with E-state index in [2.05, 4.69) is 56.3 Å². The van der Waals surface area contributed by atoms with Crippen LogP contribution < -0.4 is 5.32 Å². The van der Waals surface area contributed by atoms with E-state index in [1.54, 1.807) is 0 Å². The maximum atomic E-state index is 5.21. The molecule has 0 amide bonds. The molecule has 1 aromatic carbocycles. The molecule has 1 nitrogen and oxygen atoms in total. The van der Waals surface area contributed by atoms with E-state index >= 15 is 0 Å². The lowest BCUT2D eigenvalue weighted by Crippen LogP contribution is -2.15. The first-order valence-corrected chi connectivity index (χ1v) is 6.06. The van der Waals surface area contributed by atoms with Crippen LogP contribution in [0, 0.1) is 26.2 Å². The van der Waals surface area contributed by atoms with Crippen LogP contribution in [0.3, 0.4) is 0 Å². The van der Waals surface area contributed by atoms with Gasteiger partial charge in [0, 0.05) is 6.54 Å². The van der Waals surface area contributed by atoms with Gasteiger partial charge in [0.15, 0.2) is 0 Å². The molecule has 17 heavy (non-hydrogen) atoms. The number of terminal acetylenes is 1. The minimum absolute atomic E-state index is 0.643. The maximum Gasteiger partial charge on any atom is 0.0573 e. The number of nitrogens with one attached hydrogen (secondary N) is 1. The van der Waals surface area contributed by atoms with E-state index in [1.807, 2.05) is 0 Å². The molecular formula is C16H21N. The van der Waals surface area contributed by atoms with Crippen molar-refractivity contribution >= 4 is 5.57 Å². The summed E-state index contributed by atoms with van der Waals surface area (Å²) in [4.78, 5) is 0. The Morgan fingerprint density at radius 3 is 2.53 bits per heavy atom. The molecule has 0 fully saturated rings. The molecule has 0 aliphatic rings. The van der Waals surface area contributed by atoms with E-state index in [-0.39, 0.29) is 0 Å². The number of rotatable bonds is 5. The predicted octanol–water partition coefficient (Wildman–Crippen LogP) is 3.32. The van der Waals surface area contributed by atoms with Crippen molar-refractivity contribution in [2.45, 2.75) is 27.2 Å². The minimum Gasteiger partial charge on any atom is -0.306 e. The first-order chi connectivity index (χ1) is 8.20. The molecule has 0 aromatic heterocycles. The summed E-state index contributed by atoms with van der Waals surface area (Å²) < 4.78 is 0. The predicted molar refractivity (Wildman–Crippen MR) is 75.9 cm³/mol. The smallest absolute Gasteiger partial charge is 0.0573 e. The number of benzene rings is 1. The van der Waals surface area contributed by atoms with Gasteiger partial charge in [-0.1, -0.05) is 30.2 Å². The van der Waals surface area contributed by atoms with E-state index in [0.717, 1.165) is 13.0 Å². The van der Waals surface area contributed by atoms with Crippen LogP contribution in [0.1, 0.15) is 30.0 Å². The first-order valence-electron chi connectivity index (χ1n) is 6.06. The fourth-order valence-corrected chi connectivity index (χ4v) is 2.12. The van der Waals surface area contributed by atoms with Crippen LogP contribution >= 0.6 is 0 Å². The third-order valence-electron chi connectivity index (χ3n) is 2.95. The van der Waals surface area contributed by atoms with Crippen LogP contribution in [-0.4, -0.2) is 13.1 Å². The molecule has 0 saturated carbocycles. The van der Waals surface area contributed by atoms with Crippen molar-refractivity contribution in [1.82, 2.24) is 5.32 Å². The summed E-state index contributed by atoms with van der Waals surface area (Å²) in [6, 6.07) is 6.44. The molecule has 0 radical (unpaired) electrons. The SMILES string of the molecule is C#CCNCC/C(=C/C)c1c(C)cccc1C. The van der Waals surface area contributed by atoms with Crippen LogP contribution in [0.2, 0.25) is 0 Å². The van der Waals surface area contributed by atoms with Crippen molar-refractivity contribution < 1.29 is 0 Å². The van der Waals surface area contributed by atoms with Gasteiger partial charge in [0.1, 0.15) is 0 Å². The molecule has 0 heterocycles. The number of aryl methyl sites for hydroxylation is 2. The molecule has 0 atom stereocenters. The Balaban J connectivity index is 2.78. The first kappa shape index (κ1) is 13.5. The Bertz CT molecular complexity index is 415. The molecule has 0 unspecified atom stereocenters. The van der Waals surface area contributed by atoms with Gasteiger partial charge in [0.25, 0.3) is 0 Å². The van der Waals surface area contributed by atoms with Gasteiger partial charge >= 0.3 is 0 Å². The zero-order valence-electron chi connectivity index (χ0n) is 11.0. The second-order valence-electron chi connectivity index (χ2n) is 4.21. The van der Waals surface area contributed by atoms with E-state index < -0.39 is 0 Å². The van der Waals surface area contributed by atoms with E-state index in [0.29, 0.717) is 6.54 Å². The topological polar surface area (TPSA) is 12.0 Å². The monoisotopic (exact) mass is 227 g/mol. The van der Waals surface area contributed by atoms with Crippen molar-refractivity contribution in [3.05, 3.63) is 41.0 Å². The quantitative estimate of drug-likeness (QED) is 0.601. The molecule has 0 aliphatic carbocycles. The molecular weight excluding hydrogens is 206 g/mol. The highest BCUT2D eigenvalue weighted by molar-refractivity contribution is 5.70. The van der Waals surface area contributed by atoms with Gasteiger partial charge in [-0.05, 0) is 49.5 Å². The zero-order chi connectivity index (χ0) is 12.7. The lowest BCUT2D eigenvalue weighted by molar-refractivity contribution is 0.771. The molecule has 1 N–H and O–H groups in total. The molecule has 0 spiro atoms. The summed E-state index contributed by atoms with van der Waals surface area (Å²) in [6.45, 7) is 8.01. The second-order valence-corrected chi connectivity index (χ2v) is 4.21. The normalized spacial score (nSPS) is 11.3. The highest BCUT2D eigenvalue weighted by Crippen LogP contribution is 2.25. The standard InChI is InChI=1S/C16H21N/c1-5-11-17-12-10-15(6-2)16-13(3)8-7-9-14(16)4/h1,6-9,17H,10-12H2,2-4H3/b15-6-. The summed E-state index contributed by atoms with van der Waals surface area (Å²) in [7, 11) is 0. The van der Waals surface area contributed by atoms with Crippen LogP contribution in [-0.2, 0) is 0 Å². The van der Waals surface area contributed by atoms with Crippen molar-refractivity contribution in [3.8, 4) is 12.3 Å². The maximum absolute atomic E-state index is 5.21. The van der Waals surface area contributed by atoms with E-state index in [4.69, 9.17) is 6.42 Å². The fourth-order valence-electron chi connectivity index (χ4n) is 2.12. The summed E-state index contributed by atoms with van der Waals surface area (Å²) in [5, 5.41) is 3.23. The Kier molecular flexibility index (Phi) is 5.52. The van der Waals surface area contributed by atoms with Crippen LogP contribution in [0.25, 0.3) is 5.57 Å². The van der Waals surface area contributed by atoms with Crippen molar-refractivity contribution in [3.63, 3.8) is 0 Å². The number of allylic oxidation sites excluding steroid dienone is 1. The molecule has 1 rings (SSSR count). The average molecular weight is 227 g/mol. The van der Waals surface area contributed by atoms with Crippen LogP contribution in [0.4, 0.5) is 0 Å². The fraction of sp³-hybridized carbons (Fsp3) is 0.375. The molecule has 0 aliphatic heterocycles. The average Bonchev–Trinajstić information content (AvgIpc) is 2.31. The third-order valence-corrected chi connectivity index (χ3v) is 2.95. The zero-order valence-corrected chi connectivity index (χ0v) is 11.0. The van der Waals surface area contributed by atoms with Crippen LogP contribution in [0.15, 0.2) is 24.3 Å². The van der Waals surface area contributed by atoms with Gasteiger partial charge < -0.3 is 5.32 Å². The highest BCUT2D eigenvalue weighted by Gasteiger charge is 2.06. The third kappa shape index (κ3) is 3.76. The Labute approximate surface area is 105 Å². The Hall–Kier alpha value is -1.52. The van der Waals surface area contributed by atoms with Gasteiger partial charge in [-0.2, -0.15) is 0 Å². The minimum atomic E-state index is 0.643. The molecule has 1 heteroatoms. The summed E-state index contributed by atoms with van der Waals surface area (Å²) in [5.74, 6) is 2.59. The number of hydrogen-bond acceptors (Lipinski definition) is 1. The molecule has 1 aromatic rings. The summed E-state index contributed by atoms with van der Waals surface area (Å²) >= 11 is 0. The molecule has 0 saturated heterocycles. The van der Waals surface area contributed by atoms with Gasteiger partial charge in [-0.25, -0.2) is 0 Å². The molecule has 0 bridgehead atoms. The van der Waals surface area contributed by atoms with Crippen molar-refractivity contribution in [1.29, 1.82) is 0 Å². The van der Waals surface area contributed by atoms with Gasteiger partial charge in [-0.3, -0.25) is 0 Å². The van der Waals surface area contributed by atoms with Gasteiger partial charge in [-0.15, -0.1) is 6.42 Å². The second kappa shape index (κ2) is 6.93. The Morgan fingerprint density at radius 1 is 1.35 bits per heavy atom. The Morgan fingerprint density at radius 2 is 2.00 bits per heavy atom. The van der Waals surface area contributed by atoms with E-state index in [1.165, 1.54) is 22.3 Å². The lowest BCUT2D eigenvalue weighted by atomic mass is 9.93. The van der Waals surface area contributed by atoms with Crippen molar-refractivity contribution in [2.75, 3.05) is 13.1 Å².